The molecule has 12 heteroatoms. The summed E-state index contributed by atoms with van der Waals surface area (Å²) in [5.41, 5.74) is 0.390. The van der Waals surface area contributed by atoms with Gasteiger partial charge in [0.2, 0.25) is 0 Å². The predicted molar refractivity (Wildman–Crippen MR) is 113 cm³/mol. The van der Waals surface area contributed by atoms with E-state index in [1.54, 1.807) is 0 Å². The molecule has 1 aromatic rings. The van der Waals surface area contributed by atoms with Crippen molar-refractivity contribution < 1.29 is 59.5 Å². The molecule has 0 amide bonds. The van der Waals surface area contributed by atoms with Crippen LogP contribution in [0.25, 0.3) is 0 Å². The number of carbonyl (C=O) groups excluding carboxylic acids is 1. The second-order valence-corrected chi connectivity index (χ2v) is 8.54. The number of rotatable bonds is 8. The second-order valence-electron chi connectivity index (χ2n) is 8.54. The van der Waals surface area contributed by atoms with Gasteiger partial charge in [-0.3, -0.25) is 4.79 Å². The summed E-state index contributed by atoms with van der Waals surface area (Å²) >= 11 is 0. The molecule has 192 valence electrons. The normalized spacial score (nSPS) is 38.4. The number of methoxy groups -OCH3 is 1. The smallest absolute Gasteiger partial charge is 0.187 e. The van der Waals surface area contributed by atoms with Crippen molar-refractivity contribution in [1.29, 1.82) is 0 Å². The van der Waals surface area contributed by atoms with Crippen molar-refractivity contribution in [3.05, 3.63) is 23.8 Å². The number of ether oxygens (including phenoxy) is 4. The highest BCUT2D eigenvalue weighted by Crippen LogP contribution is 2.36. The van der Waals surface area contributed by atoms with Gasteiger partial charge < -0.3 is 54.7 Å². The van der Waals surface area contributed by atoms with Crippen LogP contribution in [0.5, 0.6) is 11.5 Å². The summed E-state index contributed by atoms with van der Waals surface area (Å²) in [5, 5.41) is 70.9. The van der Waals surface area contributed by atoms with E-state index in [4.69, 9.17) is 18.9 Å². The van der Waals surface area contributed by atoms with E-state index in [2.05, 4.69) is 0 Å². The van der Waals surface area contributed by atoms with Gasteiger partial charge >= 0.3 is 0 Å². The van der Waals surface area contributed by atoms with Crippen LogP contribution >= 0.6 is 0 Å². The summed E-state index contributed by atoms with van der Waals surface area (Å²) in [6.45, 7) is 0.249. The molecule has 1 heterocycles. The lowest BCUT2D eigenvalue weighted by atomic mass is 9.81. The summed E-state index contributed by atoms with van der Waals surface area (Å²) in [4.78, 5) is 11.6. The van der Waals surface area contributed by atoms with Crippen LogP contribution in [0, 0.1) is 5.92 Å². The average molecular weight is 488 g/mol. The Morgan fingerprint density at radius 1 is 0.971 bits per heavy atom. The fourth-order valence-corrected chi connectivity index (χ4v) is 4.20. The summed E-state index contributed by atoms with van der Waals surface area (Å²) in [6.07, 6.45) is -13.2. The molecule has 10 atom stereocenters. The lowest BCUT2D eigenvalue weighted by Crippen LogP contribution is -2.63. The number of aliphatic hydroxyl groups excluding tert-OH is 7. The fraction of sp³-hybridized carbons (Fsp3) is 0.682. The Hall–Kier alpha value is -1.87. The molecule has 0 bridgehead atoms. The molecule has 2 fully saturated rings. The number of benzene rings is 1. The van der Waals surface area contributed by atoms with Crippen molar-refractivity contribution >= 4 is 5.78 Å². The van der Waals surface area contributed by atoms with Crippen LogP contribution in [0.15, 0.2) is 18.2 Å². The molecule has 1 saturated carbocycles. The van der Waals surface area contributed by atoms with Gasteiger partial charge in [0.1, 0.15) is 42.7 Å². The monoisotopic (exact) mass is 488 g/mol. The molecule has 0 aromatic heterocycles. The minimum absolute atomic E-state index is 0.0327. The molecule has 0 radical (unpaired) electrons. The summed E-state index contributed by atoms with van der Waals surface area (Å²) in [6, 6.07) is 4.50. The molecular formula is C22H32O12. The highest BCUT2D eigenvalue weighted by Gasteiger charge is 2.50. The van der Waals surface area contributed by atoms with Crippen LogP contribution in [0.1, 0.15) is 23.7 Å². The highest BCUT2D eigenvalue weighted by molar-refractivity contribution is 5.94. The van der Waals surface area contributed by atoms with Crippen LogP contribution in [-0.4, -0.2) is 117 Å². The van der Waals surface area contributed by atoms with Gasteiger partial charge in [-0.05, 0) is 31.5 Å². The van der Waals surface area contributed by atoms with Gasteiger partial charge in [-0.25, -0.2) is 0 Å². The third-order valence-corrected chi connectivity index (χ3v) is 6.29. The minimum atomic E-state index is -1.75. The van der Waals surface area contributed by atoms with E-state index in [9.17, 15) is 40.5 Å². The SMILES string of the molecule is COc1cc(C(C)=O)ccc1O[C@@H]1C[C@H](CO)[C@@H](O)[C@H](O[C@@H]2O[C@H](CO)[C@@H](O)[C@H](O)[C@H]2O)[C@H]1O. The van der Waals surface area contributed by atoms with E-state index < -0.39 is 74.3 Å². The van der Waals surface area contributed by atoms with Crippen molar-refractivity contribution in [2.45, 2.75) is 68.5 Å². The molecule has 2 aliphatic rings. The van der Waals surface area contributed by atoms with Crippen LogP contribution < -0.4 is 9.47 Å². The number of carbonyl (C=O) groups is 1. The molecule has 0 unspecified atom stereocenters. The maximum absolute atomic E-state index is 11.6. The van der Waals surface area contributed by atoms with Crippen LogP contribution in [0.2, 0.25) is 0 Å². The van der Waals surface area contributed by atoms with Gasteiger partial charge in [-0.2, -0.15) is 0 Å². The third-order valence-electron chi connectivity index (χ3n) is 6.29. The second kappa shape index (κ2) is 11.2. The number of ketones is 1. The van der Waals surface area contributed by atoms with Gasteiger partial charge in [0.25, 0.3) is 0 Å². The van der Waals surface area contributed by atoms with E-state index in [0.29, 0.717) is 5.56 Å². The number of Topliss-reactive ketones (excluding diaryl/α,β-unsaturated/α-hetero) is 1. The molecule has 1 aromatic carbocycles. The zero-order valence-electron chi connectivity index (χ0n) is 18.8. The average Bonchev–Trinajstić information content (AvgIpc) is 2.83. The Bertz CT molecular complexity index is 832. The van der Waals surface area contributed by atoms with Gasteiger partial charge in [0, 0.05) is 18.1 Å². The third kappa shape index (κ3) is 5.35. The largest absolute Gasteiger partial charge is 0.493 e. The summed E-state index contributed by atoms with van der Waals surface area (Å²) in [7, 11) is 1.38. The lowest BCUT2D eigenvalue weighted by Gasteiger charge is -2.46. The molecular weight excluding hydrogens is 456 g/mol. The first-order valence-corrected chi connectivity index (χ1v) is 10.9. The predicted octanol–water partition coefficient (Wildman–Crippen LogP) is -2.44. The van der Waals surface area contributed by atoms with E-state index in [1.807, 2.05) is 0 Å². The van der Waals surface area contributed by atoms with E-state index >= 15 is 0 Å². The van der Waals surface area contributed by atoms with Gasteiger partial charge in [-0.15, -0.1) is 0 Å². The van der Waals surface area contributed by atoms with Crippen LogP contribution in [0.3, 0.4) is 0 Å². The first-order chi connectivity index (χ1) is 16.1. The highest BCUT2D eigenvalue weighted by atomic mass is 16.7. The summed E-state index contributed by atoms with van der Waals surface area (Å²) in [5.74, 6) is -0.529. The Morgan fingerprint density at radius 2 is 1.68 bits per heavy atom. The Morgan fingerprint density at radius 3 is 2.26 bits per heavy atom. The molecule has 1 aliphatic carbocycles. The number of aliphatic hydroxyl groups is 7. The molecule has 12 nitrogen and oxygen atoms in total. The molecule has 7 N–H and O–H groups in total. The molecule has 1 saturated heterocycles. The first-order valence-electron chi connectivity index (χ1n) is 10.9. The lowest BCUT2D eigenvalue weighted by molar-refractivity contribution is -0.332. The number of hydrogen-bond acceptors (Lipinski definition) is 12. The van der Waals surface area contributed by atoms with E-state index in [0.717, 1.165) is 0 Å². The van der Waals surface area contributed by atoms with Gasteiger partial charge in [0.15, 0.2) is 23.6 Å². The zero-order chi connectivity index (χ0) is 25.2. The van der Waals surface area contributed by atoms with Crippen molar-refractivity contribution in [3.63, 3.8) is 0 Å². The van der Waals surface area contributed by atoms with Crippen molar-refractivity contribution in [1.82, 2.24) is 0 Å². The Labute approximate surface area is 195 Å². The molecule has 3 rings (SSSR count). The van der Waals surface area contributed by atoms with Crippen molar-refractivity contribution in [2.24, 2.45) is 5.92 Å². The van der Waals surface area contributed by atoms with E-state index in [1.165, 1.54) is 32.2 Å². The number of hydrogen-bond donors (Lipinski definition) is 7. The van der Waals surface area contributed by atoms with Crippen LogP contribution in [0.4, 0.5) is 0 Å². The van der Waals surface area contributed by atoms with Gasteiger partial charge in [-0.1, -0.05) is 0 Å². The molecule has 34 heavy (non-hydrogen) atoms. The quantitative estimate of drug-likeness (QED) is 0.191. The fourth-order valence-electron chi connectivity index (χ4n) is 4.20. The van der Waals surface area contributed by atoms with Gasteiger partial charge in [0.05, 0.1) is 19.8 Å². The van der Waals surface area contributed by atoms with Crippen molar-refractivity contribution in [3.8, 4) is 11.5 Å². The van der Waals surface area contributed by atoms with Crippen LogP contribution in [-0.2, 0) is 9.47 Å². The summed E-state index contributed by atoms with van der Waals surface area (Å²) < 4.78 is 22.1. The minimum Gasteiger partial charge on any atom is -0.493 e. The standard InChI is InChI=1S/C22H32O12/c1-9(25)10-3-4-12(13(5-10)31-2)32-14-6-11(7-23)16(26)21(18(14)28)34-22-20(30)19(29)17(27)15(8-24)33-22/h3-5,11,14-24,26-30H,6-8H2,1-2H3/t11-,14-,15-,16-,17-,18+,19+,20-,21+,22+/m1/s1. The Balaban J connectivity index is 1.82. The molecule has 0 spiro atoms. The zero-order valence-corrected chi connectivity index (χ0v) is 18.8. The topological polar surface area (TPSA) is 196 Å². The first kappa shape index (κ1) is 26.7. The van der Waals surface area contributed by atoms with Crippen molar-refractivity contribution in [2.75, 3.05) is 20.3 Å². The Kier molecular flexibility index (Phi) is 8.84. The maximum atomic E-state index is 11.6. The van der Waals surface area contributed by atoms with E-state index in [-0.39, 0.29) is 23.7 Å². The molecule has 1 aliphatic heterocycles. The maximum Gasteiger partial charge on any atom is 0.187 e.